The van der Waals surface area contributed by atoms with E-state index < -0.39 is 16.9 Å². The van der Waals surface area contributed by atoms with Crippen molar-refractivity contribution in [2.45, 2.75) is 18.9 Å². The average Bonchev–Trinajstić information content (AvgIpc) is 3.11. The fourth-order valence-corrected chi connectivity index (χ4v) is 2.88. The molecule has 3 rings (SSSR count). The van der Waals surface area contributed by atoms with Crippen molar-refractivity contribution in [2.24, 2.45) is 5.92 Å². The monoisotopic (exact) mass is 293 g/mol. The highest BCUT2D eigenvalue weighted by Crippen LogP contribution is 2.38. The van der Waals surface area contributed by atoms with Gasteiger partial charge in [0.1, 0.15) is 11.7 Å². The van der Waals surface area contributed by atoms with Crippen molar-refractivity contribution in [3.63, 3.8) is 0 Å². The minimum Gasteiger partial charge on any atom is -0.480 e. The van der Waals surface area contributed by atoms with E-state index in [9.17, 15) is 20.0 Å². The molecule has 1 aromatic heterocycles. The molecule has 20 heavy (non-hydrogen) atoms. The summed E-state index contributed by atoms with van der Waals surface area (Å²) < 4.78 is 0.709. The topological polar surface area (TPSA) is 105 Å². The molecular formula is C12H11N3O4S. The number of nitro groups is 1. The molecule has 2 N–H and O–H groups in total. The third-order valence-corrected chi connectivity index (χ3v) is 4.12. The van der Waals surface area contributed by atoms with Gasteiger partial charge in [-0.05, 0) is 30.9 Å². The zero-order valence-electron chi connectivity index (χ0n) is 10.3. The van der Waals surface area contributed by atoms with Gasteiger partial charge in [0.2, 0.25) is 0 Å². The minimum atomic E-state index is -0.986. The number of fused-ring (bicyclic) bond motifs is 1. The van der Waals surface area contributed by atoms with Crippen LogP contribution in [0.3, 0.4) is 0 Å². The lowest BCUT2D eigenvalue weighted by atomic mass is 10.1. The van der Waals surface area contributed by atoms with Crippen LogP contribution in [0.4, 0.5) is 11.4 Å². The van der Waals surface area contributed by atoms with Crippen LogP contribution in [-0.4, -0.2) is 27.0 Å². The number of carboxylic acid groups (broad SMARTS) is 1. The molecule has 7 nitrogen and oxygen atoms in total. The lowest BCUT2D eigenvalue weighted by Gasteiger charge is -2.14. The highest BCUT2D eigenvalue weighted by molar-refractivity contribution is 7.16. The molecular weight excluding hydrogens is 282 g/mol. The summed E-state index contributed by atoms with van der Waals surface area (Å²) in [6.45, 7) is 0. The van der Waals surface area contributed by atoms with E-state index in [1.807, 2.05) is 0 Å². The summed E-state index contributed by atoms with van der Waals surface area (Å²) in [5.74, 6) is -0.946. The van der Waals surface area contributed by atoms with Crippen molar-refractivity contribution in [2.75, 3.05) is 5.32 Å². The number of nitro benzene ring substituents is 1. The van der Waals surface area contributed by atoms with Gasteiger partial charge in [0.05, 0.1) is 15.1 Å². The summed E-state index contributed by atoms with van der Waals surface area (Å²) in [5, 5.41) is 23.3. The molecule has 0 saturated heterocycles. The van der Waals surface area contributed by atoms with Crippen molar-refractivity contribution in [3.8, 4) is 0 Å². The largest absolute Gasteiger partial charge is 0.480 e. The first-order chi connectivity index (χ1) is 9.58. The van der Waals surface area contributed by atoms with E-state index >= 15 is 0 Å². The molecule has 0 radical (unpaired) electrons. The molecule has 1 aromatic carbocycles. The van der Waals surface area contributed by atoms with Crippen LogP contribution < -0.4 is 5.32 Å². The molecule has 0 aliphatic heterocycles. The number of benzene rings is 1. The van der Waals surface area contributed by atoms with Crippen molar-refractivity contribution >= 4 is 38.9 Å². The number of rotatable bonds is 5. The van der Waals surface area contributed by atoms with Gasteiger partial charge in [0.15, 0.2) is 5.52 Å². The van der Waals surface area contributed by atoms with Gasteiger partial charge in [-0.3, -0.25) is 10.1 Å². The highest BCUT2D eigenvalue weighted by atomic mass is 32.1. The number of thiazole rings is 1. The first kappa shape index (κ1) is 12.8. The predicted molar refractivity (Wildman–Crippen MR) is 74.0 cm³/mol. The van der Waals surface area contributed by atoms with Crippen LogP contribution in [0.15, 0.2) is 17.6 Å². The Morgan fingerprint density at radius 2 is 2.30 bits per heavy atom. The third-order valence-electron chi connectivity index (χ3n) is 3.33. The van der Waals surface area contributed by atoms with E-state index in [1.165, 1.54) is 16.8 Å². The second kappa shape index (κ2) is 4.71. The molecule has 2 aromatic rings. The third kappa shape index (κ3) is 2.18. The van der Waals surface area contributed by atoms with Gasteiger partial charge in [0, 0.05) is 0 Å². The number of hydrogen-bond acceptors (Lipinski definition) is 6. The Kier molecular flexibility index (Phi) is 3.01. The Bertz CT molecular complexity index is 695. The van der Waals surface area contributed by atoms with E-state index in [1.54, 1.807) is 12.1 Å². The van der Waals surface area contributed by atoms with Crippen LogP contribution in [0.25, 0.3) is 10.2 Å². The molecule has 1 fully saturated rings. The Morgan fingerprint density at radius 1 is 1.55 bits per heavy atom. The van der Waals surface area contributed by atoms with Crippen LogP contribution in [0.2, 0.25) is 0 Å². The van der Waals surface area contributed by atoms with Gasteiger partial charge in [-0.15, -0.1) is 11.3 Å². The zero-order chi connectivity index (χ0) is 14.3. The number of aliphatic carboxylic acids is 1. The number of aromatic nitrogens is 1. The van der Waals surface area contributed by atoms with Gasteiger partial charge >= 0.3 is 11.7 Å². The number of anilines is 1. The van der Waals surface area contributed by atoms with Gasteiger partial charge < -0.3 is 10.4 Å². The highest BCUT2D eigenvalue weighted by Gasteiger charge is 2.37. The van der Waals surface area contributed by atoms with Crippen LogP contribution >= 0.6 is 11.3 Å². The quantitative estimate of drug-likeness (QED) is 0.648. The Hall–Kier alpha value is -2.22. The number of carbonyl (C=O) groups is 1. The Balaban J connectivity index is 2.03. The maximum Gasteiger partial charge on any atom is 0.326 e. The van der Waals surface area contributed by atoms with E-state index in [0.29, 0.717) is 10.2 Å². The summed E-state index contributed by atoms with van der Waals surface area (Å²) in [6, 6.07) is 2.48. The van der Waals surface area contributed by atoms with Crippen molar-refractivity contribution in [1.29, 1.82) is 0 Å². The zero-order valence-corrected chi connectivity index (χ0v) is 11.1. The molecule has 0 spiro atoms. The molecule has 0 amide bonds. The Labute approximate surface area is 117 Å². The second-order valence-electron chi connectivity index (χ2n) is 4.72. The molecule has 1 aliphatic rings. The number of nitrogens with one attached hydrogen (secondary N) is 1. The lowest BCUT2D eigenvalue weighted by Crippen LogP contribution is -2.31. The summed E-state index contributed by atoms with van der Waals surface area (Å²) in [4.78, 5) is 26.0. The number of hydrogen-bond donors (Lipinski definition) is 2. The van der Waals surface area contributed by atoms with E-state index in [4.69, 9.17) is 0 Å². The Morgan fingerprint density at radius 3 is 2.90 bits per heavy atom. The SMILES string of the molecule is O=C(O)C(Nc1ccc2scnc2c1[N+](=O)[O-])C1CC1. The maximum absolute atomic E-state index is 11.3. The molecule has 104 valence electrons. The second-order valence-corrected chi connectivity index (χ2v) is 5.60. The first-order valence-corrected chi connectivity index (χ1v) is 6.96. The van der Waals surface area contributed by atoms with Crippen LogP contribution in [-0.2, 0) is 4.79 Å². The van der Waals surface area contributed by atoms with E-state index in [2.05, 4.69) is 10.3 Å². The molecule has 0 bridgehead atoms. The summed E-state index contributed by atoms with van der Waals surface area (Å²) in [5.41, 5.74) is 1.89. The maximum atomic E-state index is 11.3. The molecule has 8 heteroatoms. The smallest absolute Gasteiger partial charge is 0.326 e. The molecule has 1 atom stereocenters. The molecule has 1 heterocycles. The average molecular weight is 293 g/mol. The predicted octanol–water partition coefficient (Wildman–Crippen LogP) is 2.48. The van der Waals surface area contributed by atoms with Crippen LogP contribution in [0, 0.1) is 16.0 Å². The summed E-state index contributed by atoms with van der Waals surface area (Å²) in [6.07, 6.45) is 1.66. The van der Waals surface area contributed by atoms with E-state index in [-0.39, 0.29) is 17.3 Å². The summed E-state index contributed by atoms with van der Waals surface area (Å²) >= 11 is 1.31. The molecule has 1 saturated carbocycles. The van der Waals surface area contributed by atoms with Gasteiger partial charge in [0.25, 0.3) is 0 Å². The van der Waals surface area contributed by atoms with Crippen molar-refractivity contribution < 1.29 is 14.8 Å². The number of carboxylic acids is 1. The number of nitrogens with zero attached hydrogens (tertiary/aromatic N) is 2. The van der Waals surface area contributed by atoms with Gasteiger partial charge in [-0.2, -0.15) is 0 Å². The van der Waals surface area contributed by atoms with E-state index in [0.717, 1.165) is 12.8 Å². The van der Waals surface area contributed by atoms with Crippen LogP contribution in [0.5, 0.6) is 0 Å². The molecule has 1 aliphatic carbocycles. The standard InChI is InChI=1S/C12H11N3O4S/c16-12(17)9(6-1-2-6)14-7-3-4-8-10(13-5-20-8)11(7)15(18)19/h3-6,9,14H,1-2H2,(H,16,17). The fourth-order valence-electron chi connectivity index (χ4n) is 2.20. The van der Waals surface area contributed by atoms with Gasteiger partial charge in [-0.1, -0.05) is 0 Å². The molecule has 1 unspecified atom stereocenters. The van der Waals surface area contributed by atoms with Crippen molar-refractivity contribution in [1.82, 2.24) is 4.98 Å². The lowest BCUT2D eigenvalue weighted by molar-refractivity contribution is -0.382. The van der Waals surface area contributed by atoms with Crippen LogP contribution in [0.1, 0.15) is 12.8 Å². The minimum absolute atomic E-state index is 0.0400. The normalized spacial score (nSPS) is 16.0. The fraction of sp³-hybridized carbons (Fsp3) is 0.333. The summed E-state index contributed by atoms with van der Waals surface area (Å²) in [7, 11) is 0. The first-order valence-electron chi connectivity index (χ1n) is 6.08. The van der Waals surface area contributed by atoms with Crippen molar-refractivity contribution in [3.05, 3.63) is 27.8 Å². The van der Waals surface area contributed by atoms with Gasteiger partial charge in [-0.25, -0.2) is 9.78 Å².